The van der Waals surface area contributed by atoms with Crippen LogP contribution in [0.1, 0.15) is 11.9 Å². The Labute approximate surface area is 150 Å². The molecule has 4 rings (SSSR count). The highest BCUT2D eigenvalue weighted by atomic mass is 32.2. The Bertz CT molecular complexity index is 1120. The molecule has 3 aromatic rings. The molecule has 2 aromatic heterocycles. The molecule has 0 radical (unpaired) electrons. The topological polar surface area (TPSA) is 97.4 Å². The van der Waals surface area contributed by atoms with Crippen molar-refractivity contribution in [2.24, 2.45) is 7.05 Å². The number of fused-ring (bicyclic) bond motifs is 1. The molecule has 8 nitrogen and oxygen atoms in total. The van der Waals surface area contributed by atoms with Gasteiger partial charge in [-0.3, -0.25) is 0 Å². The molecule has 0 aliphatic carbocycles. The fraction of sp³-hybridized carbons (Fsp3) is 0.294. The second-order valence-electron chi connectivity index (χ2n) is 6.19. The smallest absolute Gasteiger partial charge is 0.336 e. The molecule has 0 spiro atoms. The fourth-order valence-corrected chi connectivity index (χ4v) is 4.86. The summed E-state index contributed by atoms with van der Waals surface area (Å²) < 4.78 is 35.0. The first-order valence-electron chi connectivity index (χ1n) is 8.20. The lowest BCUT2D eigenvalue weighted by molar-refractivity contribution is 0.258. The second-order valence-corrected chi connectivity index (χ2v) is 8.08. The summed E-state index contributed by atoms with van der Waals surface area (Å²) in [5, 5.41) is 3.79. The largest absolute Gasteiger partial charge is 0.423 e. The van der Waals surface area contributed by atoms with Crippen LogP contribution in [0.2, 0.25) is 0 Å². The van der Waals surface area contributed by atoms with Crippen LogP contribution in [0.5, 0.6) is 0 Å². The second kappa shape index (κ2) is 6.35. The molecular formula is C17H18N4O4S. The zero-order valence-electron chi connectivity index (χ0n) is 14.1. The first-order chi connectivity index (χ1) is 12.5. The summed E-state index contributed by atoms with van der Waals surface area (Å²) in [6.45, 7) is 1.41. The number of hydrogen-bond acceptors (Lipinski definition) is 6. The highest BCUT2D eigenvalue weighted by molar-refractivity contribution is 7.89. The van der Waals surface area contributed by atoms with E-state index in [2.05, 4.69) is 10.3 Å². The van der Waals surface area contributed by atoms with Gasteiger partial charge in [0.2, 0.25) is 10.0 Å². The van der Waals surface area contributed by atoms with E-state index in [1.807, 2.05) is 11.6 Å². The number of aromatic nitrogens is 2. The van der Waals surface area contributed by atoms with Gasteiger partial charge >= 0.3 is 5.63 Å². The van der Waals surface area contributed by atoms with Gasteiger partial charge in [0.25, 0.3) is 0 Å². The van der Waals surface area contributed by atoms with Crippen LogP contribution in [0.4, 0.5) is 0 Å². The van der Waals surface area contributed by atoms with Gasteiger partial charge in [-0.15, -0.1) is 0 Å². The molecule has 0 saturated carbocycles. The van der Waals surface area contributed by atoms with E-state index in [0.29, 0.717) is 36.4 Å². The molecule has 1 aliphatic rings. The van der Waals surface area contributed by atoms with E-state index in [0.717, 1.165) is 0 Å². The van der Waals surface area contributed by atoms with Crippen LogP contribution in [0, 0.1) is 0 Å². The molecule has 1 aliphatic heterocycles. The summed E-state index contributed by atoms with van der Waals surface area (Å²) in [5.41, 5.74) is -0.109. The third-order valence-corrected chi connectivity index (χ3v) is 6.45. The SMILES string of the molecule is Cn1ccnc1C1CNCCN1S(=O)(=O)c1ccc2oc(=O)ccc2c1. The van der Waals surface area contributed by atoms with E-state index in [4.69, 9.17) is 4.42 Å². The van der Waals surface area contributed by atoms with Gasteiger partial charge in [0.15, 0.2) is 0 Å². The van der Waals surface area contributed by atoms with Crippen molar-refractivity contribution in [3.63, 3.8) is 0 Å². The minimum absolute atomic E-state index is 0.167. The molecule has 1 saturated heterocycles. The normalized spacial score (nSPS) is 19.0. The lowest BCUT2D eigenvalue weighted by Gasteiger charge is -2.34. The third kappa shape index (κ3) is 2.83. The Balaban J connectivity index is 1.78. The van der Waals surface area contributed by atoms with Crippen LogP contribution < -0.4 is 10.9 Å². The van der Waals surface area contributed by atoms with E-state index in [1.54, 1.807) is 18.5 Å². The lowest BCUT2D eigenvalue weighted by atomic mass is 10.2. The van der Waals surface area contributed by atoms with Gasteiger partial charge in [-0.25, -0.2) is 18.2 Å². The summed E-state index contributed by atoms with van der Waals surface area (Å²) >= 11 is 0. The van der Waals surface area contributed by atoms with Crippen molar-refractivity contribution in [3.8, 4) is 0 Å². The van der Waals surface area contributed by atoms with E-state index in [-0.39, 0.29) is 4.90 Å². The Morgan fingerprint density at radius 1 is 1.27 bits per heavy atom. The number of nitrogens with zero attached hydrogens (tertiary/aromatic N) is 3. The van der Waals surface area contributed by atoms with Crippen LogP contribution in [0.3, 0.4) is 0 Å². The first-order valence-corrected chi connectivity index (χ1v) is 9.64. The summed E-state index contributed by atoms with van der Waals surface area (Å²) in [4.78, 5) is 15.8. The standard InChI is InChI=1S/C17H18N4O4S/c1-20-8-7-19-17(20)14-11-18-6-9-21(14)26(23,24)13-3-4-15-12(10-13)2-5-16(22)25-15/h2-5,7-8,10,14,18H,6,9,11H2,1H3. The maximum absolute atomic E-state index is 13.3. The van der Waals surface area contributed by atoms with Gasteiger partial charge in [0, 0.05) is 50.5 Å². The van der Waals surface area contributed by atoms with Gasteiger partial charge in [-0.1, -0.05) is 0 Å². The Hall–Kier alpha value is -2.49. The predicted molar refractivity (Wildman–Crippen MR) is 95.2 cm³/mol. The lowest BCUT2D eigenvalue weighted by Crippen LogP contribution is -2.49. The van der Waals surface area contributed by atoms with Crippen LogP contribution in [-0.4, -0.2) is 41.9 Å². The number of nitrogens with one attached hydrogen (secondary N) is 1. The molecule has 1 unspecified atom stereocenters. The highest BCUT2D eigenvalue weighted by Gasteiger charge is 2.36. The fourth-order valence-electron chi connectivity index (χ4n) is 3.24. The number of benzene rings is 1. The van der Waals surface area contributed by atoms with Crippen molar-refractivity contribution < 1.29 is 12.8 Å². The molecular weight excluding hydrogens is 356 g/mol. The molecule has 0 bridgehead atoms. The van der Waals surface area contributed by atoms with Crippen molar-refractivity contribution in [2.75, 3.05) is 19.6 Å². The molecule has 3 heterocycles. The van der Waals surface area contributed by atoms with Gasteiger partial charge < -0.3 is 14.3 Å². The maximum atomic E-state index is 13.3. The number of piperazine rings is 1. The predicted octanol–water partition coefficient (Wildman–Crippen LogP) is 0.862. The van der Waals surface area contributed by atoms with Crippen LogP contribution >= 0.6 is 0 Å². The van der Waals surface area contributed by atoms with Gasteiger partial charge in [0.1, 0.15) is 11.4 Å². The van der Waals surface area contributed by atoms with Gasteiger partial charge in [-0.05, 0) is 24.3 Å². The number of rotatable bonds is 3. The summed E-state index contributed by atoms with van der Waals surface area (Å²) in [6, 6.07) is 6.97. The zero-order valence-corrected chi connectivity index (χ0v) is 14.9. The number of aryl methyl sites for hydroxylation is 1. The molecule has 1 N–H and O–H groups in total. The van der Waals surface area contributed by atoms with Crippen LogP contribution in [-0.2, 0) is 17.1 Å². The summed E-state index contributed by atoms with van der Waals surface area (Å²) in [7, 11) is -1.89. The van der Waals surface area contributed by atoms with Crippen molar-refractivity contribution in [3.05, 3.63) is 59.0 Å². The minimum atomic E-state index is -3.74. The Morgan fingerprint density at radius 2 is 2.12 bits per heavy atom. The number of sulfonamides is 1. The molecule has 136 valence electrons. The Kier molecular flexibility index (Phi) is 4.14. The molecule has 1 aromatic carbocycles. The summed E-state index contributed by atoms with van der Waals surface area (Å²) in [5.74, 6) is 0.688. The van der Waals surface area contributed by atoms with Crippen molar-refractivity contribution in [1.29, 1.82) is 0 Å². The molecule has 1 fully saturated rings. The number of hydrogen-bond donors (Lipinski definition) is 1. The van der Waals surface area contributed by atoms with Crippen molar-refractivity contribution in [2.45, 2.75) is 10.9 Å². The number of imidazole rings is 1. The van der Waals surface area contributed by atoms with E-state index < -0.39 is 21.7 Å². The van der Waals surface area contributed by atoms with E-state index >= 15 is 0 Å². The summed E-state index contributed by atoms with van der Waals surface area (Å²) in [6.07, 6.45) is 3.46. The quantitative estimate of drug-likeness (QED) is 0.683. The Morgan fingerprint density at radius 3 is 2.88 bits per heavy atom. The highest BCUT2D eigenvalue weighted by Crippen LogP contribution is 2.29. The van der Waals surface area contributed by atoms with Crippen molar-refractivity contribution in [1.82, 2.24) is 19.2 Å². The first kappa shape index (κ1) is 17.0. The zero-order chi connectivity index (χ0) is 18.3. The van der Waals surface area contributed by atoms with Crippen LogP contribution in [0.25, 0.3) is 11.0 Å². The van der Waals surface area contributed by atoms with Gasteiger partial charge in [0.05, 0.1) is 10.9 Å². The average Bonchev–Trinajstić information content (AvgIpc) is 3.07. The van der Waals surface area contributed by atoms with Crippen LogP contribution in [0.15, 0.2) is 56.8 Å². The minimum Gasteiger partial charge on any atom is -0.423 e. The van der Waals surface area contributed by atoms with E-state index in [1.165, 1.54) is 28.6 Å². The molecule has 0 amide bonds. The maximum Gasteiger partial charge on any atom is 0.336 e. The molecule has 9 heteroatoms. The average molecular weight is 374 g/mol. The van der Waals surface area contributed by atoms with Crippen molar-refractivity contribution >= 4 is 21.0 Å². The van der Waals surface area contributed by atoms with Gasteiger partial charge in [-0.2, -0.15) is 4.31 Å². The molecule has 1 atom stereocenters. The van der Waals surface area contributed by atoms with E-state index in [9.17, 15) is 13.2 Å². The third-order valence-electron chi connectivity index (χ3n) is 4.55. The molecule has 26 heavy (non-hydrogen) atoms. The monoisotopic (exact) mass is 374 g/mol.